The average Bonchev–Trinajstić information content (AvgIpc) is 2.91. The molecule has 114 valence electrons. The summed E-state index contributed by atoms with van der Waals surface area (Å²) < 4.78 is 42.0. The first-order chi connectivity index (χ1) is 11.1. The normalized spacial score (nSPS) is 11.4. The number of aromatic nitrogens is 3. The number of pyridine rings is 1. The van der Waals surface area contributed by atoms with Crippen LogP contribution in [0.4, 0.5) is 13.2 Å². The van der Waals surface area contributed by atoms with Gasteiger partial charge in [0.05, 0.1) is 16.6 Å². The molecule has 0 aliphatic carbocycles. The minimum Gasteiger partial charge on any atom is -0.290 e. The highest BCUT2D eigenvalue weighted by atomic mass is 19.2. The summed E-state index contributed by atoms with van der Waals surface area (Å²) in [5.41, 5.74) is 0.00941. The second-order valence-corrected chi connectivity index (χ2v) is 5.02. The van der Waals surface area contributed by atoms with Crippen LogP contribution in [0.25, 0.3) is 27.5 Å². The number of fused-ring (bicyclic) bond motifs is 3. The van der Waals surface area contributed by atoms with Gasteiger partial charge in [0.15, 0.2) is 17.5 Å². The molecule has 0 aliphatic heterocycles. The number of aromatic amines is 1. The number of halogens is 3. The van der Waals surface area contributed by atoms with Crippen LogP contribution in [0.15, 0.2) is 47.4 Å². The zero-order valence-corrected chi connectivity index (χ0v) is 11.5. The number of benzene rings is 2. The van der Waals surface area contributed by atoms with Gasteiger partial charge in [0, 0.05) is 11.6 Å². The fraction of sp³-hybridized carbons (Fsp3) is 0. The molecular formula is C16H8F3N3O. The van der Waals surface area contributed by atoms with Crippen molar-refractivity contribution in [2.45, 2.75) is 0 Å². The number of H-pyrrole nitrogens is 1. The molecular weight excluding hydrogens is 307 g/mol. The number of hydrogen-bond donors (Lipinski definition) is 1. The van der Waals surface area contributed by atoms with Gasteiger partial charge in [-0.05, 0) is 18.2 Å². The first-order valence-corrected chi connectivity index (χ1v) is 6.70. The van der Waals surface area contributed by atoms with Gasteiger partial charge in [-0.25, -0.2) is 17.9 Å². The highest BCUT2D eigenvalue weighted by Gasteiger charge is 2.19. The molecule has 2 aromatic heterocycles. The Labute approximate surface area is 126 Å². The van der Waals surface area contributed by atoms with Gasteiger partial charge in [-0.2, -0.15) is 0 Å². The molecule has 0 saturated heterocycles. The van der Waals surface area contributed by atoms with Gasteiger partial charge < -0.3 is 0 Å². The van der Waals surface area contributed by atoms with E-state index in [2.05, 4.69) is 10.1 Å². The summed E-state index contributed by atoms with van der Waals surface area (Å²) >= 11 is 0. The molecule has 4 aromatic rings. The van der Waals surface area contributed by atoms with E-state index in [9.17, 15) is 18.0 Å². The fourth-order valence-electron chi connectivity index (χ4n) is 2.57. The molecule has 0 atom stereocenters. The van der Waals surface area contributed by atoms with Crippen molar-refractivity contribution in [1.82, 2.24) is 14.8 Å². The van der Waals surface area contributed by atoms with E-state index in [0.29, 0.717) is 5.69 Å². The third-order valence-electron chi connectivity index (χ3n) is 3.67. The van der Waals surface area contributed by atoms with Crippen LogP contribution < -0.4 is 5.56 Å². The smallest absolute Gasteiger partial charge is 0.280 e. The Morgan fingerprint density at radius 1 is 1.00 bits per heavy atom. The second-order valence-electron chi connectivity index (χ2n) is 5.02. The lowest BCUT2D eigenvalue weighted by atomic mass is 10.1. The van der Waals surface area contributed by atoms with E-state index in [1.807, 2.05) is 0 Å². The molecule has 1 N–H and O–H groups in total. The van der Waals surface area contributed by atoms with Crippen LogP contribution in [0.1, 0.15) is 0 Å². The molecule has 4 rings (SSSR count). The standard InChI is InChI=1S/C16H8F3N3O/c17-11-6-9-14-10(7-20-15(9)13(19)12(11)18)16(23)22(21-14)8-4-2-1-3-5-8/h1-7,21H. The van der Waals surface area contributed by atoms with E-state index in [1.165, 1.54) is 4.68 Å². The summed E-state index contributed by atoms with van der Waals surface area (Å²) in [7, 11) is 0. The predicted octanol–water partition coefficient (Wildman–Crippen LogP) is 3.28. The van der Waals surface area contributed by atoms with Crippen molar-refractivity contribution in [2.75, 3.05) is 0 Å². The maximum absolute atomic E-state index is 13.8. The topological polar surface area (TPSA) is 50.7 Å². The van der Waals surface area contributed by atoms with E-state index in [-0.39, 0.29) is 21.8 Å². The van der Waals surface area contributed by atoms with Gasteiger partial charge in [-0.15, -0.1) is 0 Å². The zero-order valence-electron chi connectivity index (χ0n) is 11.5. The summed E-state index contributed by atoms with van der Waals surface area (Å²) in [4.78, 5) is 16.2. The first kappa shape index (κ1) is 13.6. The maximum Gasteiger partial charge on any atom is 0.280 e. The lowest BCUT2D eigenvalue weighted by Crippen LogP contribution is -2.13. The fourth-order valence-corrected chi connectivity index (χ4v) is 2.57. The second kappa shape index (κ2) is 4.70. The van der Waals surface area contributed by atoms with Crippen LogP contribution in [0.3, 0.4) is 0 Å². The van der Waals surface area contributed by atoms with E-state index in [4.69, 9.17) is 0 Å². The molecule has 0 aliphatic rings. The summed E-state index contributed by atoms with van der Waals surface area (Å²) in [5.74, 6) is -4.30. The van der Waals surface area contributed by atoms with E-state index in [0.717, 1.165) is 12.3 Å². The molecule has 2 aromatic carbocycles. The van der Waals surface area contributed by atoms with Crippen molar-refractivity contribution in [1.29, 1.82) is 0 Å². The van der Waals surface area contributed by atoms with Gasteiger partial charge in [0.25, 0.3) is 5.56 Å². The van der Waals surface area contributed by atoms with Crippen molar-refractivity contribution in [2.24, 2.45) is 0 Å². The summed E-state index contributed by atoms with van der Waals surface area (Å²) in [5, 5.41) is 2.97. The highest BCUT2D eigenvalue weighted by Crippen LogP contribution is 2.26. The number of nitrogens with one attached hydrogen (secondary N) is 1. The Hall–Kier alpha value is -3.09. The average molecular weight is 315 g/mol. The van der Waals surface area contributed by atoms with Crippen LogP contribution in [-0.2, 0) is 0 Å². The van der Waals surface area contributed by atoms with Crippen molar-refractivity contribution < 1.29 is 13.2 Å². The molecule has 0 saturated carbocycles. The van der Waals surface area contributed by atoms with Crippen LogP contribution in [0.5, 0.6) is 0 Å². The summed E-state index contributed by atoms with van der Waals surface area (Å²) in [6, 6.07) is 9.52. The lowest BCUT2D eigenvalue weighted by Gasteiger charge is -2.02. The number of para-hydroxylation sites is 1. The van der Waals surface area contributed by atoms with E-state index in [1.54, 1.807) is 30.3 Å². The predicted molar refractivity (Wildman–Crippen MR) is 79.1 cm³/mol. The van der Waals surface area contributed by atoms with Gasteiger partial charge in [0.2, 0.25) is 0 Å². The number of nitrogens with zero attached hydrogens (tertiary/aromatic N) is 2. The van der Waals surface area contributed by atoms with Crippen molar-refractivity contribution in [3.05, 3.63) is 70.4 Å². The van der Waals surface area contributed by atoms with E-state index >= 15 is 0 Å². The molecule has 23 heavy (non-hydrogen) atoms. The Balaban J connectivity index is 2.14. The Morgan fingerprint density at radius 2 is 1.74 bits per heavy atom. The van der Waals surface area contributed by atoms with Crippen LogP contribution in [0, 0.1) is 17.5 Å². The molecule has 0 amide bonds. The Kier molecular flexibility index (Phi) is 2.77. The third-order valence-corrected chi connectivity index (χ3v) is 3.67. The van der Waals surface area contributed by atoms with Crippen LogP contribution in [-0.4, -0.2) is 14.8 Å². The molecule has 7 heteroatoms. The monoisotopic (exact) mass is 315 g/mol. The molecule has 0 spiro atoms. The zero-order chi connectivity index (χ0) is 16.1. The minimum atomic E-state index is -1.59. The molecule has 0 fully saturated rings. The molecule has 0 radical (unpaired) electrons. The van der Waals surface area contributed by atoms with Gasteiger partial charge >= 0.3 is 0 Å². The maximum atomic E-state index is 13.8. The van der Waals surface area contributed by atoms with Crippen molar-refractivity contribution in [3.63, 3.8) is 0 Å². The third kappa shape index (κ3) is 1.86. The quantitative estimate of drug-likeness (QED) is 0.548. The van der Waals surface area contributed by atoms with Gasteiger partial charge in [-0.3, -0.25) is 14.9 Å². The van der Waals surface area contributed by atoms with Crippen LogP contribution in [0.2, 0.25) is 0 Å². The van der Waals surface area contributed by atoms with Gasteiger partial charge in [0.1, 0.15) is 5.52 Å². The van der Waals surface area contributed by atoms with Crippen LogP contribution >= 0.6 is 0 Å². The number of rotatable bonds is 1. The molecule has 2 heterocycles. The molecule has 0 unspecified atom stereocenters. The molecule has 0 bridgehead atoms. The van der Waals surface area contributed by atoms with Crippen molar-refractivity contribution >= 4 is 21.8 Å². The molecule has 4 nitrogen and oxygen atoms in total. The largest absolute Gasteiger partial charge is 0.290 e. The van der Waals surface area contributed by atoms with Crippen molar-refractivity contribution in [3.8, 4) is 5.69 Å². The van der Waals surface area contributed by atoms with E-state index < -0.39 is 23.0 Å². The van der Waals surface area contributed by atoms with Gasteiger partial charge in [-0.1, -0.05) is 18.2 Å². The first-order valence-electron chi connectivity index (χ1n) is 6.70. The number of hydrogen-bond acceptors (Lipinski definition) is 2. The summed E-state index contributed by atoms with van der Waals surface area (Å²) in [6.07, 6.45) is 1.15. The summed E-state index contributed by atoms with van der Waals surface area (Å²) in [6.45, 7) is 0. The highest BCUT2D eigenvalue weighted by molar-refractivity contribution is 6.03. The SMILES string of the molecule is O=c1c2cnc3c(F)c(F)c(F)cc3c2[nH]n1-c1ccccc1. The minimum absolute atomic E-state index is 0.00526. The Morgan fingerprint density at radius 3 is 2.48 bits per heavy atom. The Bertz CT molecular complexity index is 1120. The lowest BCUT2D eigenvalue weighted by molar-refractivity contribution is 0.452.